The fraction of sp³-hybridized carbons (Fsp3) is 1.00. The van der Waals surface area contributed by atoms with Crippen molar-refractivity contribution in [3.8, 4) is 0 Å². The van der Waals surface area contributed by atoms with E-state index in [1.54, 1.807) is 0 Å². The van der Waals surface area contributed by atoms with E-state index in [-0.39, 0.29) is 0 Å². The second kappa shape index (κ2) is 4.22. The lowest BCUT2D eigenvalue weighted by molar-refractivity contribution is 0.140. The maximum absolute atomic E-state index is 3.66. The molecule has 0 radical (unpaired) electrons. The molecule has 2 aliphatic rings. The molecular formula is C13H25N. The largest absolute Gasteiger partial charge is 0.316 e. The van der Waals surface area contributed by atoms with E-state index in [0.717, 1.165) is 11.8 Å². The van der Waals surface area contributed by atoms with E-state index >= 15 is 0 Å². The molecular weight excluding hydrogens is 170 g/mol. The third kappa shape index (κ3) is 1.84. The number of nitrogens with one attached hydrogen (secondary N) is 1. The van der Waals surface area contributed by atoms with E-state index < -0.39 is 0 Å². The van der Waals surface area contributed by atoms with Crippen molar-refractivity contribution in [2.75, 3.05) is 13.1 Å². The predicted octanol–water partition coefficient (Wildman–Crippen LogP) is 3.20. The minimum atomic E-state index is 0.685. The summed E-state index contributed by atoms with van der Waals surface area (Å²) < 4.78 is 0. The second-order valence-corrected chi connectivity index (χ2v) is 5.74. The molecule has 1 saturated heterocycles. The third-order valence-electron chi connectivity index (χ3n) is 4.54. The van der Waals surface area contributed by atoms with Crippen molar-refractivity contribution < 1.29 is 0 Å². The average Bonchev–Trinajstić information content (AvgIpc) is 2.39. The van der Waals surface area contributed by atoms with Gasteiger partial charge in [0.2, 0.25) is 0 Å². The molecule has 2 atom stereocenters. The van der Waals surface area contributed by atoms with Gasteiger partial charge in [-0.05, 0) is 49.5 Å². The fourth-order valence-electron chi connectivity index (χ4n) is 3.89. The minimum absolute atomic E-state index is 0.685. The van der Waals surface area contributed by atoms with Crippen LogP contribution >= 0.6 is 0 Å². The summed E-state index contributed by atoms with van der Waals surface area (Å²) in [6.45, 7) is 7.40. The molecule has 2 fully saturated rings. The maximum Gasteiger partial charge on any atom is 0.00106 e. The van der Waals surface area contributed by atoms with Crippen LogP contribution in [0.2, 0.25) is 0 Å². The summed E-state index contributed by atoms with van der Waals surface area (Å²) >= 11 is 0. The first-order valence-electron chi connectivity index (χ1n) is 6.45. The minimum Gasteiger partial charge on any atom is -0.316 e. The van der Waals surface area contributed by atoms with E-state index in [9.17, 15) is 0 Å². The van der Waals surface area contributed by atoms with E-state index in [1.165, 1.54) is 51.6 Å². The Morgan fingerprint density at radius 1 is 1.14 bits per heavy atom. The van der Waals surface area contributed by atoms with Gasteiger partial charge in [0.25, 0.3) is 0 Å². The Morgan fingerprint density at radius 3 is 2.71 bits per heavy atom. The predicted molar refractivity (Wildman–Crippen MR) is 61.3 cm³/mol. The molecule has 1 saturated carbocycles. The SMILES string of the molecule is CC(C)C1CCC[C@@]12CCCCNC2. The lowest BCUT2D eigenvalue weighted by Gasteiger charge is -2.37. The first-order chi connectivity index (χ1) is 6.75. The summed E-state index contributed by atoms with van der Waals surface area (Å²) in [4.78, 5) is 0. The lowest BCUT2D eigenvalue weighted by atomic mass is 9.70. The van der Waals surface area contributed by atoms with Gasteiger partial charge in [-0.2, -0.15) is 0 Å². The van der Waals surface area contributed by atoms with Crippen molar-refractivity contribution in [2.24, 2.45) is 17.3 Å². The van der Waals surface area contributed by atoms with E-state index in [4.69, 9.17) is 0 Å². The molecule has 0 bridgehead atoms. The standard InChI is InChI=1S/C13H25N/c1-11(2)12-6-5-8-13(12)7-3-4-9-14-10-13/h11-12,14H,3-10H2,1-2H3/t12?,13-/m1/s1. The van der Waals surface area contributed by atoms with Crippen LogP contribution in [0, 0.1) is 17.3 Å². The van der Waals surface area contributed by atoms with Gasteiger partial charge in [0.15, 0.2) is 0 Å². The topological polar surface area (TPSA) is 12.0 Å². The molecule has 82 valence electrons. The molecule has 1 heterocycles. The van der Waals surface area contributed by atoms with E-state index in [0.29, 0.717) is 5.41 Å². The fourth-order valence-corrected chi connectivity index (χ4v) is 3.89. The highest BCUT2D eigenvalue weighted by atomic mass is 14.9. The zero-order chi connectivity index (χ0) is 10.0. The zero-order valence-corrected chi connectivity index (χ0v) is 9.81. The van der Waals surface area contributed by atoms with Gasteiger partial charge in [-0.25, -0.2) is 0 Å². The Balaban J connectivity index is 2.10. The van der Waals surface area contributed by atoms with Gasteiger partial charge in [-0.3, -0.25) is 0 Å². The van der Waals surface area contributed by atoms with Crippen LogP contribution in [0.5, 0.6) is 0 Å². The Hall–Kier alpha value is -0.0400. The van der Waals surface area contributed by atoms with Crippen molar-refractivity contribution >= 4 is 0 Å². The molecule has 0 aromatic heterocycles. The molecule has 1 spiro atoms. The van der Waals surface area contributed by atoms with Crippen molar-refractivity contribution in [1.82, 2.24) is 5.32 Å². The maximum atomic E-state index is 3.66. The summed E-state index contributed by atoms with van der Waals surface area (Å²) in [6, 6.07) is 0. The van der Waals surface area contributed by atoms with Gasteiger partial charge in [0.05, 0.1) is 0 Å². The normalized spacial score (nSPS) is 39.2. The molecule has 1 heteroatoms. The van der Waals surface area contributed by atoms with Gasteiger partial charge >= 0.3 is 0 Å². The van der Waals surface area contributed by atoms with E-state index in [1.807, 2.05) is 0 Å². The Bertz CT molecular complexity index is 178. The average molecular weight is 195 g/mol. The van der Waals surface area contributed by atoms with Crippen LogP contribution in [-0.4, -0.2) is 13.1 Å². The second-order valence-electron chi connectivity index (χ2n) is 5.74. The molecule has 1 nitrogen and oxygen atoms in total. The number of hydrogen-bond acceptors (Lipinski definition) is 1. The summed E-state index contributed by atoms with van der Waals surface area (Å²) in [7, 11) is 0. The summed E-state index contributed by atoms with van der Waals surface area (Å²) in [5.74, 6) is 1.88. The van der Waals surface area contributed by atoms with Crippen LogP contribution < -0.4 is 5.32 Å². The lowest BCUT2D eigenvalue weighted by Crippen LogP contribution is -2.37. The highest BCUT2D eigenvalue weighted by Gasteiger charge is 2.43. The third-order valence-corrected chi connectivity index (χ3v) is 4.54. The van der Waals surface area contributed by atoms with Gasteiger partial charge in [-0.15, -0.1) is 0 Å². The molecule has 14 heavy (non-hydrogen) atoms. The summed E-state index contributed by atoms with van der Waals surface area (Å²) in [5, 5.41) is 3.66. The molecule has 1 N–H and O–H groups in total. The van der Waals surface area contributed by atoms with E-state index in [2.05, 4.69) is 19.2 Å². The molecule has 0 amide bonds. The Labute approximate surface area is 88.7 Å². The highest BCUT2D eigenvalue weighted by molar-refractivity contribution is 4.95. The zero-order valence-electron chi connectivity index (χ0n) is 9.81. The first kappa shape index (κ1) is 10.5. The number of hydrogen-bond donors (Lipinski definition) is 1. The van der Waals surface area contributed by atoms with Crippen molar-refractivity contribution in [3.05, 3.63) is 0 Å². The van der Waals surface area contributed by atoms with Gasteiger partial charge in [0.1, 0.15) is 0 Å². The van der Waals surface area contributed by atoms with Crippen LogP contribution in [0.15, 0.2) is 0 Å². The number of rotatable bonds is 1. The van der Waals surface area contributed by atoms with Crippen molar-refractivity contribution in [2.45, 2.75) is 52.4 Å². The molecule has 1 aliphatic heterocycles. The van der Waals surface area contributed by atoms with Crippen LogP contribution in [0.4, 0.5) is 0 Å². The quantitative estimate of drug-likeness (QED) is 0.677. The van der Waals surface area contributed by atoms with Crippen LogP contribution in [0.25, 0.3) is 0 Å². The highest BCUT2D eigenvalue weighted by Crippen LogP contribution is 2.50. The van der Waals surface area contributed by atoms with Crippen LogP contribution in [0.1, 0.15) is 52.4 Å². The van der Waals surface area contributed by atoms with Crippen LogP contribution in [-0.2, 0) is 0 Å². The summed E-state index contributed by atoms with van der Waals surface area (Å²) in [6.07, 6.45) is 8.79. The monoisotopic (exact) mass is 195 g/mol. The van der Waals surface area contributed by atoms with Gasteiger partial charge in [-0.1, -0.05) is 26.7 Å². The molecule has 2 rings (SSSR count). The van der Waals surface area contributed by atoms with Crippen molar-refractivity contribution in [1.29, 1.82) is 0 Å². The Kier molecular flexibility index (Phi) is 3.16. The summed E-state index contributed by atoms with van der Waals surface area (Å²) in [5.41, 5.74) is 0.685. The molecule has 0 aromatic carbocycles. The smallest absolute Gasteiger partial charge is 0.00106 e. The molecule has 1 aliphatic carbocycles. The Morgan fingerprint density at radius 2 is 1.93 bits per heavy atom. The van der Waals surface area contributed by atoms with Crippen molar-refractivity contribution in [3.63, 3.8) is 0 Å². The van der Waals surface area contributed by atoms with Gasteiger partial charge < -0.3 is 5.32 Å². The van der Waals surface area contributed by atoms with Gasteiger partial charge in [0, 0.05) is 6.54 Å². The van der Waals surface area contributed by atoms with Crippen LogP contribution in [0.3, 0.4) is 0 Å². The molecule has 1 unspecified atom stereocenters. The molecule has 0 aromatic rings. The first-order valence-corrected chi connectivity index (χ1v) is 6.45.